The maximum atomic E-state index is 6.06. The van der Waals surface area contributed by atoms with Crippen molar-refractivity contribution in [3.05, 3.63) is 28.7 Å². The Balaban J connectivity index is 1.34. The van der Waals surface area contributed by atoms with Gasteiger partial charge in [0.2, 0.25) is 0 Å². The third-order valence-electron chi connectivity index (χ3n) is 5.35. The first-order valence-electron chi connectivity index (χ1n) is 8.97. The van der Waals surface area contributed by atoms with Crippen molar-refractivity contribution in [1.29, 1.82) is 0 Å². The summed E-state index contributed by atoms with van der Waals surface area (Å²) in [5.74, 6) is 1.53. The van der Waals surface area contributed by atoms with Crippen molar-refractivity contribution in [1.82, 2.24) is 4.90 Å². The molecule has 1 aromatic rings. The summed E-state index contributed by atoms with van der Waals surface area (Å²) in [6.07, 6.45) is 5.12. The number of halogens is 1. The Hall–Kier alpha value is -0.580. The molecule has 0 N–H and O–H groups in total. The Bertz CT molecular complexity index is 463. The molecule has 0 atom stereocenters. The lowest BCUT2D eigenvalue weighted by molar-refractivity contribution is 0.0458. The molecule has 3 rings (SSSR count). The van der Waals surface area contributed by atoms with Crippen molar-refractivity contribution in [3.8, 4) is 0 Å². The van der Waals surface area contributed by atoms with E-state index in [1.54, 1.807) is 0 Å². The fourth-order valence-corrected chi connectivity index (χ4v) is 3.90. The first-order valence-corrected chi connectivity index (χ1v) is 9.77. The highest BCUT2D eigenvalue weighted by molar-refractivity contribution is 9.10. The molecule has 0 spiro atoms. The van der Waals surface area contributed by atoms with Gasteiger partial charge in [0.15, 0.2) is 0 Å². The average molecular weight is 381 g/mol. The van der Waals surface area contributed by atoms with Gasteiger partial charge in [-0.25, -0.2) is 0 Å². The van der Waals surface area contributed by atoms with Gasteiger partial charge in [-0.15, -0.1) is 0 Å². The summed E-state index contributed by atoms with van der Waals surface area (Å²) < 4.78 is 7.21. The molecule has 0 aliphatic carbocycles. The lowest BCUT2D eigenvalue weighted by Gasteiger charge is -2.34. The van der Waals surface area contributed by atoms with Gasteiger partial charge in [0, 0.05) is 36.5 Å². The molecule has 4 heteroatoms. The van der Waals surface area contributed by atoms with Gasteiger partial charge in [-0.2, -0.15) is 0 Å². The number of piperidine rings is 2. The van der Waals surface area contributed by atoms with Crippen molar-refractivity contribution in [3.63, 3.8) is 0 Å². The highest BCUT2D eigenvalue weighted by Gasteiger charge is 2.21. The predicted octanol–water partition coefficient (Wildman–Crippen LogP) is 4.02. The van der Waals surface area contributed by atoms with Crippen molar-refractivity contribution in [2.45, 2.75) is 25.7 Å². The van der Waals surface area contributed by atoms with Gasteiger partial charge in [-0.3, -0.25) is 0 Å². The van der Waals surface area contributed by atoms with Crippen molar-refractivity contribution in [2.24, 2.45) is 11.8 Å². The maximum Gasteiger partial charge on any atom is 0.0495 e. The fraction of sp³-hybridized carbons (Fsp3) is 0.684. The Morgan fingerprint density at radius 2 is 1.43 bits per heavy atom. The number of nitrogens with zero attached hydrogens (tertiary/aromatic N) is 2. The van der Waals surface area contributed by atoms with E-state index in [2.05, 4.69) is 57.0 Å². The van der Waals surface area contributed by atoms with Crippen molar-refractivity contribution in [2.75, 3.05) is 51.3 Å². The summed E-state index contributed by atoms with van der Waals surface area (Å²) >= 11 is 3.51. The molecule has 0 bridgehead atoms. The normalized spacial score (nSPS) is 21.7. The van der Waals surface area contributed by atoms with Crippen LogP contribution in [0.15, 0.2) is 28.7 Å². The minimum Gasteiger partial charge on any atom is -0.381 e. The molecule has 2 saturated heterocycles. The topological polar surface area (TPSA) is 15.7 Å². The summed E-state index contributed by atoms with van der Waals surface area (Å²) in [5.41, 5.74) is 1.35. The highest BCUT2D eigenvalue weighted by atomic mass is 79.9. The summed E-state index contributed by atoms with van der Waals surface area (Å²) in [6, 6.07) is 8.68. The van der Waals surface area contributed by atoms with Crippen molar-refractivity contribution < 1.29 is 4.74 Å². The quantitative estimate of drug-likeness (QED) is 0.766. The standard InChI is InChI=1S/C19H29BrN2O/c1-21-10-6-16(7-11-21)14-23-15-17-8-12-22(13-9-17)19-4-2-18(20)3-5-19/h2-5,16-17H,6-15H2,1H3. The Morgan fingerprint density at radius 3 is 2.00 bits per heavy atom. The molecule has 0 aromatic heterocycles. The van der Waals surface area contributed by atoms with Gasteiger partial charge >= 0.3 is 0 Å². The molecule has 0 radical (unpaired) electrons. The minimum absolute atomic E-state index is 0.743. The fourth-order valence-electron chi connectivity index (χ4n) is 3.64. The van der Waals surface area contributed by atoms with Gasteiger partial charge in [-0.1, -0.05) is 15.9 Å². The van der Waals surface area contributed by atoms with Crippen molar-refractivity contribution >= 4 is 21.6 Å². The lowest BCUT2D eigenvalue weighted by atomic mass is 9.96. The van der Waals surface area contributed by atoms with Gasteiger partial charge in [0.05, 0.1) is 0 Å². The molecule has 2 aliphatic heterocycles. The van der Waals surface area contributed by atoms with Crippen LogP contribution in [-0.2, 0) is 4.74 Å². The van der Waals surface area contributed by atoms with E-state index >= 15 is 0 Å². The second kappa shape index (κ2) is 8.50. The van der Waals surface area contributed by atoms with Crippen LogP contribution in [0.1, 0.15) is 25.7 Å². The molecule has 0 saturated carbocycles. The Morgan fingerprint density at radius 1 is 0.913 bits per heavy atom. The molecular weight excluding hydrogens is 352 g/mol. The first-order chi connectivity index (χ1) is 11.2. The summed E-state index contributed by atoms with van der Waals surface area (Å²) in [5, 5.41) is 0. The van der Waals surface area contributed by atoms with Gasteiger partial charge in [0.25, 0.3) is 0 Å². The number of hydrogen-bond acceptors (Lipinski definition) is 3. The SMILES string of the molecule is CN1CCC(COCC2CCN(c3ccc(Br)cc3)CC2)CC1. The third kappa shape index (κ3) is 5.20. The molecule has 0 amide bonds. The molecule has 0 unspecified atom stereocenters. The van der Waals surface area contributed by atoms with Crippen LogP contribution in [-0.4, -0.2) is 51.3 Å². The van der Waals surface area contributed by atoms with Gasteiger partial charge in [0.1, 0.15) is 0 Å². The molecule has 2 fully saturated rings. The first kappa shape index (κ1) is 17.2. The van der Waals surface area contributed by atoms with Crippen LogP contribution in [0.3, 0.4) is 0 Å². The van der Waals surface area contributed by atoms with E-state index in [0.29, 0.717) is 0 Å². The van der Waals surface area contributed by atoms with Crippen LogP contribution in [0.2, 0.25) is 0 Å². The molecule has 2 heterocycles. The number of benzene rings is 1. The van der Waals surface area contributed by atoms with E-state index in [1.807, 2.05) is 0 Å². The second-order valence-corrected chi connectivity index (χ2v) is 8.11. The van der Waals surface area contributed by atoms with Gasteiger partial charge < -0.3 is 14.5 Å². The zero-order valence-corrected chi connectivity index (χ0v) is 15.8. The van der Waals surface area contributed by atoms with E-state index in [4.69, 9.17) is 4.74 Å². The zero-order valence-electron chi connectivity index (χ0n) is 14.2. The van der Waals surface area contributed by atoms with Crippen LogP contribution in [0.4, 0.5) is 5.69 Å². The molecule has 2 aliphatic rings. The number of rotatable bonds is 5. The minimum atomic E-state index is 0.743. The maximum absolute atomic E-state index is 6.06. The van der Waals surface area contributed by atoms with Crippen LogP contribution in [0, 0.1) is 11.8 Å². The smallest absolute Gasteiger partial charge is 0.0495 e. The Labute approximate surface area is 149 Å². The van der Waals surface area contributed by atoms with E-state index < -0.39 is 0 Å². The summed E-state index contributed by atoms with van der Waals surface area (Å²) in [7, 11) is 2.22. The molecule has 23 heavy (non-hydrogen) atoms. The predicted molar refractivity (Wildman–Crippen MR) is 100 cm³/mol. The van der Waals surface area contributed by atoms with Crippen LogP contribution in [0.25, 0.3) is 0 Å². The average Bonchev–Trinajstić information content (AvgIpc) is 2.58. The van der Waals surface area contributed by atoms with Gasteiger partial charge in [-0.05, 0) is 81.9 Å². The molecule has 128 valence electrons. The zero-order chi connectivity index (χ0) is 16.1. The lowest BCUT2D eigenvalue weighted by Crippen LogP contribution is -2.36. The van der Waals surface area contributed by atoms with Crippen LogP contribution >= 0.6 is 15.9 Å². The van der Waals surface area contributed by atoms with E-state index in [0.717, 1.165) is 42.6 Å². The largest absolute Gasteiger partial charge is 0.381 e. The Kier molecular flexibility index (Phi) is 6.37. The van der Waals surface area contributed by atoms with Crippen LogP contribution in [0.5, 0.6) is 0 Å². The molecule has 3 nitrogen and oxygen atoms in total. The summed E-state index contributed by atoms with van der Waals surface area (Å²) in [4.78, 5) is 4.92. The number of hydrogen-bond donors (Lipinski definition) is 0. The number of ether oxygens (including phenoxy) is 1. The number of anilines is 1. The number of likely N-dealkylation sites (tertiary alicyclic amines) is 1. The van der Waals surface area contributed by atoms with E-state index in [9.17, 15) is 0 Å². The van der Waals surface area contributed by atoms with E-state index in [-0.39, 0.29) is 0 Å². The van der Waals surface area contributed by atoms with E-state index in [1.165, 1.54) is 44.5 Å². The highest BCUT2D eigenvalue weighted by Crippen LogP contribution is 2.25. The third-order valence-corrected chi connectivity index (χ3v) is 5.88. The monoisotopic (exact) mass is 380 g/mol. The molecule has 1 aromatic carbocycles. The molecular formula is C19H29BrN2O. The van der Waals surface area contributed by atoms with Crippen LogP contribution < -0.4 is 4.90 Å². The summed E-state index contributed by atoms with van der Waals surface area (Å²) in [6.45, 7) is 6.72. The second-order valence-electron chi connectivity index (χ2n) is 7.19.